The van der Waals surface area contributed by atoms with Crippen molar-refractivity contribution in [2.24, 2.45) is 0 Å². The molecule has 27 heavy (non-hydrogen) atoms. The highest BCUT2D eigenvalue weighted by atomic mass is 32.1. The largest absolute Gasteiger partial charge is 0.379 e. The molecule has 0 spiro atoms. The predicted octanol–water partition coefficient (Wildman–Crippen LogP) is 4.28. The molecule has 0 radical (unpaired) electrons. The van der Waals surface area contributed by atoms with E-state index in [1.165, 1.54) is 37.1 Å². The molecule has 144 valence electrons. The van der Waals surface area contributed by atoms with Gasteiger partial charge in [-0.15, -0.1) is 11.3 Å². The van der Waals surface area contributed by atoms with Crippen molar-refractivity contribution in [3.8, 4) is 0 Å². The minimum atomic E-state index is 0.0847. The third-order valence-electron chi connectivity index (χ3n) is 5.43. The van der Waals surface area contributed by atoms with Crippen LogP contribution in [0.2, 0.25) is 0 Å². The molecule has 0 atom stereocenters. The van der Waals surface area contributed by atoms with Crippen LogP contribution in [0.4, 0.5) is 5.69 Å². The molecule has 5 nitrogen and oxygen atoms in total. The zero-order chi connectivity index (χ0) is 18.5. The highest BCUT2D eigenvalue weighted by molar-refractivity contribution is 7.09. The lowest BCUT2D eigenvalue weighted by Gasteiger charge is -2.26. The smallest absolute Gasteiger partial charge is 0.254 e. The fraction of sp³-hybridized carbons (Fsp3) is 0.524. The van der Waals surface area contributed by atoms with Crippen molar-refractivity contribution in [1.82, 2.24) is 9.88 Å². The van der Waals surface area contributed by atoms with Crippen LogP contribution in [0.15, 0.2) is 29.6 Å². The summed E-state index contributed by atoms with van der Waals surface area (Å²) < 4.78 is 5.31. The Bertz CT molecular complexity index is 747. The van der Waals surface area contributed by atoms with E-state index >= 15 is 0 Å². The molecule has 1 saturated heterocycles. The van der Waals surface area contributed by atoms with Crippen LogP contribution >= 0.6 is 11.3 Å². The van der Waals surface area contributed by atoms with Gasteiger partial charge >= 0.3 is 0 Å². The number of hydrogen-bond donors (Lipinski definition) is 1. The fourth-order valence-corrected chi connectivity index (χ4v) is 4.80. The lowest BCUT2D eigenvalue weighted by Crippen LogP contribution is -2.40. The topological polar surface area (TPSA) is 54.5 Å². The van der Waals surface area contributed by atoms with E-state index in [0.717, 1.165) is 23.5 Å². The maximum Gasteiger partial charge on any atom is 0.254 e. The van der Waals surface area contributed by atoms with E-state index in [9.17, 15) is 4.79 Å². The number of carbonyl (C=O) groups is 1. The van der Waals surface area contributed by atoms with Gasteiger partial charge in [-0.3, -0.25) is 4.79 Å². The minimum absolute atomic E-state index is 0.0847. The number of amides is 1. The average molecular weight is 386 g/mol. The fourth-order valence-electron chi connectivity index (χ4n) is 3.81. The lowest BCUT2D eigenvalue weighted by molar-refractivity contribution is 0.0303. The number of nitrogens with zero attached hydrogens (tertiary/aromatic N) is 2. The molecule has 2 aromatic rings. The van der Waals surface area contributed by atoms with Crippen molar-refractivity contribution in [3.05, 3.63) is 45.9 Å². The Kier molecular flexibility index (Phi) is 6.04. The molecule has 2 fully saturated rings. The number of anilines is 1. The molecule has 1 aliphatic heterocycles. The molecular weight excluding hydrogens is 358 g/mol. The van der Waals surface area contributed by atoms with E-state index in [1.54, 1.807) is 11.3 Å². The Morgan fingerprint density at radius 1 is 1.15 bits per heavy atom. The second-order valence-electron chi connectivity index (χ2n) is 7.35. The van der Waals surface area contributed by atoms with Crippen molar-refractivity contribution in [1.29, 1.82) is 0 Å². The zero-order valence-corrected chi connectivity index (χ0v) is 16.5. The maximum absolute atomic E-state index is 12.5. The molecule has 1 amide bonds. The number of carbonyl (C=O) groups excluding carboxylic acids is 1. The Morgan fingerprint density at radius 3 is 2.63 bits per heavy atom. The number of morpholine rings is 1. The van der Waals surface area contributed by atoms with E-state index in [4.69, 9.17) is 9.72 Å². The van der Waals surface area contributed by atoms with Crippen LogP contribution in [-0.4, -0.2) is 42.1 Å². The van der Waals surface area contributed by atoms with Gasteiger partial charge in [-0.2, -0.15) is 0 Å². The van der Waals surface area contributed by atoms with Gasteiger partial charge in [0.05, 0.1) is 30.5 Å². The number of rotatable bonds is 5. The van der Waals surface area contributed by atoms with Crippen LogP contribution in [0.5, 0.6) is 0 Å². The van der Waals surface area contributed by atoms with Gasteiger partial charge in [0.15, 0.2) is 0 Å². The SMILES string of the molecule is O=C(c1ccc(NCc2csc(C3CCCCC3)n2)cc1)N1CCOCC1. The van der Waals surface area contributed by atoms with Gasteiger partial charge in [-0.05, 0) is 37.1 Å². The summed E-state index contributed by atoms with van der Waals surface area (Å²) in [5, 5.41) is 6.90. The Balaban J connectivity index is 1.31. The molecule has 1 aromatic heterocycles. The molecule has 6 heteroatoms. The summed E-state index contributed by atoms with van der Waals surface area (Å²) in [6.07, 6.45) is 6.64. The second-order valence-corrected chi connectivity index (χ2v) is 8.24. The highest BCUT2D eigenvalue weighted by Gasteiger charge is 2.19. The van der Waals surface area contributed by atoms with Crippen LogP contribution < -0.4 is 5.32 Å². The summed E-state index contributed by atoms with van der Waals surface area (Å²) in [5.41, 5.74) is 2.85. The molecule has 0 bridgehead atoms. The van der Waals surface area contributed by atoms with Gasteiger partial charge in [0.1, 0.15) is 0 Å². The first-order valence-electron chi connectivity index (χ1n) is 9.95. The van der Waals surface area contributed by atoms with Crippen molar-refractivity contribution in [3.63, 3.8) is 0 Å². The van der Waals surface area contributed by atoms with E-state index < -0.39 is 0 Å². The number of aromatic nitrogens is 1. The first-order chi connectivity index (χ1) is 13.3. The van der Waals surface area contributed by atoms with E-state index in [0.29, 0.717) is 32.2 Å². The quantitative estimate of drug-likeness (QED) is 0.835. The number of hydrogen-bond acceptors (Lipinski definition) is 5. The van der Waals surface area contributed by atoms with Crippen molar-refractivity contribution >= 4 is 22.9 Å². The summed E-state index contributed by atoms with van der Waals surface area (Å²) in [6.45, 7) is 3.32. The van der Waals surface area contributed by atoms with Crippen LogP contribution in [0.1, 0.15) is 59.1 Å². The van der Waals surface area contributed by atoms with Gasteiger partial charge in [-0.25, -0.2) is 4.98 Å². The van der Waals surface area contributed by atoms with Crippen LogP contribution in [0.25, 0.3) is 0 Å². The standard InChI is InChI=1S/C21H27N3O2S/c25-21(24-10-12-26-13-11-24)17-6-8-18(9-7-17)22-14-19-15-27-20(23-19)16-4-2-1-3-5-16/h6-9,15-16,22H,1-5,10-14H2. The van der Waals surface area contributed by atoms with Crippen molar-refractivity contribution < 1.29 is 9.53 Å². The maximum atomic E-state index is 12.5. The first kappa shape index (κ1) is 18.4. The monoisotopic (exact) mass is 385 g/mol. The summed E-state index contributed by atoms with van der Waals surface area (Å²) >= 11 is 1.80. The molecule has 1 aliphatic carbocycles. The normalized spacial score (nSPS) is 18.4. The summed E-state index contributed by atoms with van der Waals surface area (Å²) in [4.78, 5) is 19.2. The Labute approximate surface area is 164 Å². The predicted molar refractivity (Wildman–Crippen MR) is 108 cm³/mol. The molecule has 1 saturated carbocycles. The molecule has 0 unspecified atom stereocenters. The Hall–Kier alpha value is -1.92. The van der Waals surface area contributed by atoms with Crippen LogP contribution in [0, 0.1) is 0 Å². The third-order valence-corrected chi connectivity index (χ3v) is 6.48. The molecular formula is C21H27N3O2S. The van der Waals surface area contributed by atoms with Gasteiger partial charge in [0.2, 0.25) is 0 Å². The molecule has 4 rings (SSSR count). The highest BCUT2D eigenvalue weighted by Crippen LogP contribution is 2.34. The van der Waals surface area contributed by atoms with Gasteiger partial charge < -0.3 is 15.0 Å². The molecule has 1 aromatic carbocycles. The Morgan fingerprint density at radius 2 is 1.89 bits per heavy atom. The summed E-state index contributed by atoms with van der Waals surface area (Å²) in [7, 11) is 0. The number of nitrogens with one attached hydrogen (secondary N) is 1. The van der Waals surface area contributed by atoms with Crippen LogP contribution in [-0.2, 0) is 11.3 Å². The second kappa shape index (κ2) is 8.85. The first-order valence-corrected chi connectivity index (χ1v) is 10.8. The summed E-state index contributed by atoms with van der Waals surface area (Å²) in [6, 6.07) is 7.74. The van der Waals surface area contributed by atoms with E-state index in [-0.39, 0.29) is 5.91 Å². The average Bonchev–Trinajstić information content (AvgIpc) is 3.22. The van der Waals surface area contributed by atoms with Gasteiger partial charge in [0, 0.05) is 35.6 Å². The van der Waals surface area contributed by atoms with Gasteiger partial charge in [0.25, 0.3) is 5.91 Å². The van der Waals surface area contributed by atoms with E-state index in [1.807, 2.05) is 29.2 Å². The number of ether oxygens (including phenoxy) is 1. The zero-order valence-electron chi connectivity index (χ0n) is 15.7. The van der Waals surface area contributed by atoms with Crippen molar-refractivity contribution in [2.45, 2.75) is 44.6 Å². The van der Waals surface area contributed by atoms with Crippen molar-refractivity contribution in [2.75, 3.05) is 31.6 Å². The lowest BCUT2D eigenvalue weighted by atomic mass is 9.90. The summed E-state index contributed by atoms with van der Waals surface area (Å²) in [5.74, 6) is 0.754. The molecule has 2 heterocycles. The van der Waals surface area contributed by atoms with Gasteiger partial charge in [-0.1, -0.05) is 19.3 Å². The third kappa shape index (κ3) is 4.68. The molecule has 2 aliphatic rings. The van der Waals surface area contributed by atoms with E-state index in [2.05, 4.69) is 10.7 Å². The minimum Gasteiger partial charge on any atom is -0.379 e. The molecule has 1 N–H and O–H groups in total. The van der Waals surface area contributed by atoms with Crippen LogP contribution in [0.3, 0.4) is 0 Å². The number of benzene rings is 1. The number of thiazole rings is 1.